The van der Waals surface area contributed by atoms with Crippen molar-refractivity contribution in [1.82, 2.24) is 4.90 Å². The fourth-order valence-corrected chi connectivity index (χ4v) is 3.83. The molecule has 1 amide bonds. The summed E-state index contributed by atoms with van der Waals surface area (Å²) in [6.45, 7) is 3.93. The van der Waals surface area contributed by atoms with E-state index in [4.69, 9.17) is 9.47 Å². The summed E-state index contributed by atoms with van der Waals surface area (Å²) in [4.78, 5) is 27.0. The van der Waals surface area contributed by atoms with Crippen LogP contribution in [-0.2, 0) is 4.79 Å². The number of hydrogen-bond donors (Lipinski definition) is 1. The highest BCUT2D eigenvalue weighted by atomic mass is 16.7. The molecule has 0 aliphatic carbocycles. The van der Waals surface area contributed by atoms with Crippen LogP contribution in [0.1, 0.15) is 47.3 Å². The van der Waals surface area contributed by atoms with Crippen LogP contribution in [-0.4, -0.2) is 34.7 Å². The van der Waals surface area contributed by atoms with Crippen LogP contribution in [0.2, 0.25) is 0 Å². The average molecular weight is 353 g/mol. The zero-order valence-electron chi connectivity index (χ0n) is 14.5. The van der Waals surface area contributed by atoms with E-state index in [-0.39, 0.29) is 18.7 Å². The molecular weight excluding hydrogens is 334 g/mol. The van der Waals surface area contributed by atoms with Gasteiger partial charge in [0.25, 0.3) is 5.91 Å². The highest BCUT2D eigenvalue weighted by molar-refractivity contribution is 6.00. The first-order valence-electron chi connectivity index (χ1n) is 8.53. The lowest BCUT2D eigenvalue weighted by atomic mass is 9.79. The lowest BCUT2D eigenvalue weighted by Crippen LogP contribution is -2.48. The SMILES string of the molecule is CC(C)N1C(=O)c2ccccc2[C@@H](C(=O)O)[C@@H]1c1ccc2c(c1)OCO2. The van der Waals surface area contributed by atoms with E-state index in [2.05, 4.69) is 0 Å². The summed E-state index contributed by atoms with van der Waals surface area (Å²) >= 11 is 0. The molecule has 0 aromatic heterocycles. The molecule has 134 valence electrons. The second-order valence-corrected chi connectivity index (χ2v) is 6.77. The summed E-state index contributed by atoms with van der Waals surface area (Å²) in [6.07, 6.45) is 0. The molecule has 2 aliphatic heterocycles. The van der Waals surface area contributed by atoms with Gasteiger partial charge in [-0.25, -0.2) is 0 Å². The van der Waals surface area contributed by atoms with Gasteiger partial charge in [-0.1, -0.05) is 24.3 Å². The van der Waals surface area contributed by atoms with Gasteiger partial charge in [-0.3, -0.25) is 9.59 Å². The Hall–Kier alpha value is -3.02. The Kier molecular flexibility index (Phi) is 3.83. The molecule has 0 fully saturated rings. The molecule has 26 heavy (non-hydrogen) atoms. The molecule has 1 N–H and O–H groups in total. The van der Waals surface area contributed by atoms with Crippen molar-refractivity contribution in [3.8, 4) is 11.5 Å². The van der Waals surface area contributed by atoms with Crippen LogP contribution < -0.4 is 9.47 Å². The lowest BCUT2D eigenvalue weighted by molar-refractivity contribution is -0.140. The topological polar surface area (TPSA) is 76.1 Å². The first-order valence-corrected chi connectivity index (χ1v) is 8.53. The Balaban J connectivity index is 1.92. The number of aliphatic carboxylic acids is 1. The lowest BCUT2D eigenvalue weighted by Gasteiger charge is -2.43. The van der Waals surface area contributed by atoms with Gasteiger partial charge < -0.3 is 19.5 Å². The molecule has 0 radical (unpaired) electrons. The molecule has 0 bridgehead atoms. The van der Waals surface area contributed by atoms with E-state index in [1.807, 2.05) is 19.9 Å². The van der Waals surface area contributed by atoms with Crippen molar-refractivity contribution >= 4 is 11.9 Å². The molecule has 2 aromatic rings. The summed E-state index contributed by atoms with van der Waals surface area (Å²) in [7, 11) is 0. The quantitative estimate of drug-likeness (QED) is 0.917. The molecule has 0 unspecified atom stereocenters. The molecule has 6 nitrogen and oxygen atoms in total. The smallest absolute Gasteiger partial charge is 0.313 e. The Morgan fingerprint density at radius 1 is 1.15 bits per heavy atom. The number of carbonyl (C=O) groups excluding carboxylic acids is 1. The number of benzene rings is 2. The fraction of sp³-hybridized carbons (Fsp3) is 0.300. The van der Waals surface area contributed by atoms with E-state index >= 15 is 0 Å². The highest BCUT2D eigenvalue weighted by Crippen LogP contribution is 2.46. The van der Waals surface area contributed by atoms with Crippen molar-refractivity contribution in [2.75, 3.05) is 6.79 Å². The van der Waals surface area contributed by atoms with Gasteiger partial charge >= 0.3 is 5.97 Å². The third-order valence-electron chi connectivity index (χ3n) is 4.94. The number of carbonyl (C=O) groups is 2. The molecular formula is C20H19NO5. The van der Waals surface area contributed by atoms with E-state index in [1.54, 1.807) is 41.3 Å². The standard InChI is InChI=1S/C20H19NO5/c1-11(2)21-18(12-7-8-15-16(9-12)26-10-25-15)17(20(23)24)13-5-3-4-6-14(13)19(21)22/h3-9,11,17-18H,10H2,1-2H3,(H,23,24)/t17-,18+/m1/s1. The first-order chi connectivity index (χ1) is 12.5. The van der Waals surface area contributed by atoms with Crippen molar-refractivity contribution < 1.29 is 24.2 Å². The zero-order chi connectivity index (χ0) is 18.4. The van der Waals surface area contributed by atoms with E-state index < -0.39 is 17.9 Å². The van der Waals surface area contributed by atoms with Crippen LogP contribution in [0, 0.1) is 0 Å². The van der Waals surface area contributed by atoms with Crippen LogP contribution in [0.5, 0.6) is 11.5 Å². The molecule has 6 heteroatoms. The molecule has 0 saturated heterocycles. The molecule has 2 aromatic carbocycles. The fourth-order valence-electron chi connectivity index (χ4n) is 3.83. The van der Waals surface area contributed by atoms with Crippen LogP contribution in [0.15, 0.2) is 42.5 Å². The summed E-state index contributed by atoms with van der Waals surface area (Å²) < 4.78 is 10.8. The van der Waals surface area contributed by atoms with Gasteiger partial charge in [0.1, 0.15) is 5.92 Å². The van der Waals surface area contributed by atoms with Gasteiger partial charge in [-0.2, -0.15) is 0 Å². The molecule has 2 atom stereocenters. The van der Waals surface area contributed by atoms with Gasteiger partial charge in [0.2, 0.25) is 6.79 Å². The summed E-state index contributed by atoms with van der Waals surface area (Å²) in [5.74, 6) is -0.776. The number of nitrogens with zero attached hydrogens (tertiary/aromatic N) is 1. The van der Waals surface area contributed by atoms with Gasteiger partial charge in [0.05, 0.1) is 6.04 Å². The van der Waals surface area contributed by atoms with E-state index in [9.17, 15) is 14.7 Å². The Morgan fingerprint density at radius 3 is 2.62 bits per heavy atom. The maximum Gasteiger partial charge on any atom is 0.313 e. The highest BCUT2D eigenvalue weighted by Gasteiger charge is 2.45. The minimum absolute atomic E-state index is 0.140. The molecule has 4 rings (SSSR count). The number of fused-ring (bicyclic) bond motifs is 2. The van der Waals surface area contributed by atoms with Crippen molar-refractivity contribution in [2.45, 2.75) is 31.8 Å². The second-order valence-electron chi connectivity index (χ2n) is 6.77. The summed E-state index contributed by atoms with van der Waals surface area (Å²) in [5.41, 5.74) is 1.72. The number of carboxylic acid groups (broad SMARTS) is 1. The number of hydrogen-bond acceptors (Lipinski definition) is 4. The number of ether oxygens (including phenoxy) is 2. The van der Waals surface area contributed by atoms with Crippen molar-refractivity contribution in [3.05, 3.63) is 59.2 Å². The summed E-state index contributed by atoms with van der Waals surface area (Å²) in [5, 5.41) is 10.0. The predicted octanol–water partition coefficient (Wildman–Crippen LogP) is 3.19. The Bertz CT molecular complexity index is 892. The van der Waals surface area contributed by atoms with Crippen molar-refractivity contribution in [3.63, 3.8) is 0 Å². The Labute approximate surface area is 151 Å². The van der Waals surface area contributed by atoms with Crippen LogP contribution in [0.3, 0.4) is 0 Å². The van der Waals surface area contributed by atoms with Crippen molar-refractivity contribution in [2.24, 2.45) is 0 Å². The van der Waals surface area contributed by atoms with E-state index in [1.165, 1.54) is 0 Å². The number of rotatable bonds is 3. The normalized spacial score (nSPS) is 21.0. The first kappa shape index (κ1) is 16.4. The third-order valence-corrected chi connectivity index (χ3v) is 4.94. The largest absolute Gasteiger partial charge is 0.481 e. The molecule has 0 saturated carbocycles. The maximum absolute atomic E-state index is 13.1. The van der Waals surface area contributed by atoms with Gasteiger partial charge in [-0.15, -0.1) is 0 Å². The second kappa shape index (κ2) is 6.05. The molecule has 2 heterocycles. The minimum atomic E-state index is -0.960. The number of carboxylic acids is 1. The van der Waals surface area contributed by atoms with E-state index in [0.717, 1.165) is 5.56 Å². The Morgan fingerprint density at radius 2 is 1.88 bits per heavy atom. The molecule has 2 aliphatic rings. The summed E-state index contributed by atoms with van der Waals surface area (Å²) in [6, 6.07) is 11.5. The van der Waals surface area contributed by atoms with E-state index in [0.29, 0.717) is 22.6 Å². The van der Waals surface area contributed by atoms with Gasteiger partial charge in [0.15, 0.2) is 11.5 Å². The number of amides is 1. The minimum Gasteiger partial charge on any atom is -0.481 e. The van der Waals surface area contributed by atoms with Crippen LogP contribution in [0.25, 0.3) is 0 Å². The van der Waals surface area contributed by atoms with Crippen LogP contribution in [0.4, 0.5) is 0 Å². The predicted molar refractivity (Wildman–Crippen MR) is 93.4 cm³/mol. The average Bonchev–Trinajstić information content (AvgIpc) is 3.08. The maximum atomic E-state index is 13.1. The molecule has 0 spiro atoms. The monoisotopic (exact) mass is 353 g/mol. The van der Waals surface area contributed by atoms with Crippen LogP contribution >= 0.6 is 0 Å². The van der Waals surface area contributed by atoms with Gasteiger partial charge in [-0.05, 0) is 43.2 Å². The van der Waals surface area contributed by atoms with Crippen molar-refractivity contribution in [1.29, 1.82) is 0 Å². The van der Waals surface area contributed by atoms with Gasteiger partial charge in [0, 0.05) is 11.6 Å². The zero-order valence-corrected chi connectivity index (χ0v) is 14.5. The third kappa shape index (κ3) is 2.41.